The molecular formula is C19H28N2. The maximum Gasteiger partial charge on any atom is 0.0415 e. The summed E-state index contributed by atoms with van der Waals surface area (Å²) in [5, 5.41) is 0. The first-order valence-electron chi connectivity index (χ1n) is 8.98. The van der Waals surface area contributed by atoms with Gasteiger partial charge in [0, 0.05) is 30.9 Å². The van der Waals surface area contributed by atoms with Crippen LogP contribution >= 0.6 is 0 Å². The topological polar surface area (TPSA) is 6.48 Å². The molecule has 21 heavy (non-hydrogen) atoms. The van der Waals surface area contributed by atoms with Crippen molar-refractivity contribution in [3.05, 3.63) is 29.3 Å². The van der Waals surface area contributed by atoms with Crippen molar-refractivity contribution in [3.8, 4) is 0 Å². The van der Waals surface area contributed by atoms with Gasteiger partial charge in [0.15, 0.2) is 0 Å². The molecule has 2 atom stereocenters. The van der Waals surface area contributed by atoms with Crippen LogP contribution in [0.3, 0.4) is 0 Å². The highest BCUT2D eigenvalue weighted by Gasteiger charge is 2.36. The van der Waals surface area contributed by atoms with Crippen LogP contribution in [0.2, 0.25) is 0 Å². The molecule has 2 saturated heterocycles. The first-order chi connectivity index (χ1) is 10.4. The molecule has 0 radical (unpaired) electrons. The van der Waals surface area contributed by atoms with Gasteiger partial charge in [-0.3, -0.25) is 4.90 Å². The molecule has 0 saturated carbocycles. The van der Waals surface area contributed by atoms with Crippen LogP contribution in [0.15, 0.2) is 18.2 Å². The van der Waals surface area contributed by atoms with Crippen LogP contribution in [0, 0.1) is 0 Å². The maximum absolute atomic E-state index is 2.77. The third-order valence-corrected chi connectivity index (χ3v) is 5.94. The van der Waals surface area contributed by atoms with Gasteiger partial charge >= 0.3 is 0 Å². The minimum absolute atomic E-state index is 0.716. The van der Waals surface area contributed by atoms with Crippen LogP contribution in [0.1, 0.15) is 50.2 Å². The van der Waals surface area contributed by atoms with E-state index in [0.29, 0.717) is 6.04 Å². The van der Waals surface area contributed by atoms with E-state index in [1.54, 1.807) is 16.8 Å². The molecule has 0 N–H and O–H groups in total. The van der Waals surface area contributed by atoms with E-state index in [1.165, 1.54) is 64.6 Å². The number of piperazine rings is 1. The quantitative estimate of drug-likeness (QED) is 0.818. The number of hydrogen-bond acceptors (Lipinski definition) is 2. The molecule has 2 aliphatic heterocycles. The Hall–Kier alpha value is -1.02. The summed E-state index contributed by atoms with van der Waals surface area (Å²) in [6.45, 7) is 6.24. The van der Waals surface area contributed by atoms with E-state index >= 15 is 0 Å². The van der Waals surface area contributed by atoms with E-state index in [4.69, 9.17) is 0 Å². The van der Waals surface area contributed by atoms with Crippen LogP contribution in [0.5, 0.6) is 0 Å². The highest BCUT2D eigenvalue weighted by Crippen LogP contribution is 2.35. The van der Waals surface area contributed by atoms with Crippen molar-refractivity contribution in [3.63, 3.8) is 0 Å². The Labute approximate surface area is 129 Å². The molecular weight excluding hydrogens is 256 g/mol. The molecule has 114 valence electrons. The van der Waals surface area contributed by atoms with E-state index in [2.05, 4.69) is 34.9 Å². The van der Waals surface area contributed by atoms with Gasteiger partial charge in [-0.05, 0) is 68.7 Å². The summed E-state index contributed by atoms with van der Waals surface area (Å²) in [7, 11) is 0. The van der Waals surface area contributed by atoms with Gasteiger partial charge in [0.1, 0.15) is 0 Å². The first-order valence-corrected chi connectivity index (χ1v) is 8.98. The largest absolute Gasteiger partial charge is 0.365 e. The highest BCUT2D eigenvalue weighted by molar-refractivity contribution is 5.59. The Morgan fingerprint density at radius 3 is 2.90 bits per heavy atom. The first kappa shape index (κ1) is 13.6. The van der Waals surface area contributed by atoms with Crippen molar-refractivity contribution in [1.82, 2.24) is 4.90 Å². The van der Waals surface area contributed by atoms with Crippen molar-refractivity contribution in [2.45, 2.75) is 64.0 Å². The number of benzene rings is 1. The smallest absolute Gasteiger partial charge is 0.0415 e. The lowest BCUT2D eigenvalue weighted by Gasteiger charge is -2.46. The fourth-order valence-electron chi connectivity index (χ4n) is 4.76. The second-order valence-corrected chi connectivity index (χ2v) is 7.13. The van der Waals surface area contributed by atoms with Gasteiger partial charge in [-0.25, -0.2) is 0 Å². The number of hydrogen-bond donors (Lipinski definition) is 0. The summed E-state index contributed by atoms with van der Waals surface area (Å²) < 4.78 is 0. The standard InChI is InChI=1S/C19H28N2/c1-2-16-13-20-12-6-9-17(20)14-21(16)19-11-5-8-15-7-3-4-10-18(15)19/h5,8,11,16-17H,2-4,6-7,9-10,12-14H2,1H3. The molecule has 1 aromatic rings. The monoisotopic (exact) mass is 284 g/mol. The number of rotatable bonds is 2. The molecule has 0 amide bonds. The number of anilines is 1. The molecule has 1 aliphatic carbocycles. The molecule has 3 aliphatic rings. The summed E-state index contributed by atoms with van der Waals surface area (Å²) in [5.41, 5.74) is 4.88. The fraction of sp³-hybridized carbons (Fsp3) is 0.684. The van der Waals surface area contributed by atoms with Crippen molar-refractivity contribution >= 4 is 5.69 Å². The summed E-state index contributed by atoms with van der Waals surface area (Å²) in [6.07, 6.45) is 9.43. The van der Waals surface area contributed by atoms with Gasteiger partial charge in [-0.15, -0.1) is 0 Å². The summed E-state index contributed by atoms with van der Waals surface area (Å²) in [6, 6.07) is 8.59. The molecule has 0 bridgehead atoms. The normalized spacial score (nSPS) is 29.3. The molecule has 2 heterocycles. The average molecular weight is 284 g/mol. The Bertz CT molecular complexity index is 510. The molecule has 4 rings (SSSR count). The predicted octanol–water partition coefficient (Wildman–Crippen LogP) is 3.63. The summed E-state index contributed by atoms with van der Waals surface area (Å²) in [4.78, 5) is 5.52. The van der Waals surface area contributed by atoms with Gasteiger partial charge in [-0.1, -0.05) is 19.1 Å². The van der Waals surface area contributed by atoms with E-state index in [-0.39, 0.29) is 0 Å². The molecule has 2 nitrogen and oxygen atoms in total. The fourth-order valence-corrected chi connectivity index (χ4v) is 4.76. The Morgan fingerprint density at radius 2 is 2.00 bits per heavy atom. The SMILES string of the molecule is CCC1CN2CCCC2CN1c1cccc2c1CCCC2. The Balaban J connectivity index is 1.67. The molecule has 2 fully saturated rings. The third kappa shape index (κ3) is 2.38. The minimum Gasteiger partial charge on any atom is -0.365 e. The number of nitrogens with zero attached hydrogens (tertiary/aromatic N) is 2. The zero-order valence-electron chi connectivity index (χ0n) is 13.4. The minimum atomic E-state index is 0.716. The van der Waals surface area contributed by atoms with E-state index in [9.17, 15) is 0 Å². The predicted molar refractivity (Wildman–Crippen MR) is 89.1 cm³/mol. The van der Waals surface area contributed by atoms with Gasteiger partial charge in [0.2, 0.25) is 0 Å². The molecule has 2 heteroatoms. The van der Waals surface area contributed by atoms with Crippen LogP contribution < -0.4 is 4.90 Å². The molecule has 1 aromatic carbocycles. The van der Waals surface area contributed by atoms with Crippen LogP contribution in [0.25, 0.3) is 0 Å². The van der Waals surface area contributed by atoms with Gasteiger partial charge < -0.3 is 4.90 Å². The van der Waals surface area contributed by atoms with E-state index in [0.717, 1.165) is 6.04 Å². The Kier molecular flexibility index (Phi) is 3.66. The van der Waals surface area contributed by atoms with Crippen molar-refractivity contribution in [1.29, 1.82) is 0 Å². The van der Waals surface area contributed by atoms with Crippen LogP contribution in [0.4, 0.5) is 5.69 Å². The second kappa shape index (κ2) is 5.64. The van der Waals surface area contributed by atoms with Crippen molar-refractivity contribution < 1.29 is 0 Å². The van der Waals surface area contributed by atoms with Crippen LogP contribution in [-0.4, -0.2) is 36.6 Å². The van der Waals surface area contributed by atoms with Gasteiger partial charge in [0.05, 0.1) is 0 Å². The Morgan fingerprint density at radius 1 is 1.10 bits per heavy atom. The van der Waals surface area contributed by atoms with Gasteiger partial charge in [0.25, 0.3) is 0 Å². The maximum atomic E-state index is 2.77. The van der Waals surface area contributed by atoms with Crippen molar-refractivity contribution in [2.75, 3.05) is 24.5 Å². The molecule has 0 spiro atoms. The summed E-state index contributed by atoms with van der Waals surface area (Å²) >= 11 is 0. The number of aryl methyl sites for hydroxylation is 1. The molecule has 0 aromatic heterocycles. The summed E-state index contributed by atoms with van der Waals surface area (Å²) in [5.74, 6) is 0. The lowest BCUT2D eigenvalue weighted by Crippen LogP contribution is -2.56. The van der Waals surface area contributed by atoms with Crippen molar-refractivity contribution in [2.24, 2.45) is 0 Å². The third-order valence-electron chi connectivity index (χ3n) is 5.94. The second-order valence-electron chi connectivity index (χ2n) is 7.13. The zero-order valence-corrected chi connectivity index (χ0v) is 13.4. The average Bonchev–Trinajstić information content (AvgIpc) is 3.00. The zero-order chi connectivity index (χ0) is 14.2. The lowest BCUT2D eigenvalue weighted by atomic mass is 9.89. The van der Waals surface area contributed by atoms with Gasteiger partial charge in [-0.2, -0.15) is 0 Å². The van der Waals surface area contributed by atoms with E-state index in [1.807, 2.05) is 0 Å². The van der Waals surface area contributed by atoms with Crippen LogP contribution in [-0.2, 0) is 12.8 Å². The van der Waals surface area contributed by atoms with E-state index < -0.39 is 0 Å². The highest BCUT2D eigenvalue weighted by atomic mass is 15.3. The molecule has 2 unspecified atom stereocenters. The number of fused-ring (bicyclic) bond motifs is 2. The lowest BCUT2D eigenvalue weighted by molar-refractivity contribution is 0.194.